The Morgan fingerprint density at radius 2 is 1.95 bits per heavy atom. The molecule has 0 radical (unpaired) electrons. The van der Waals surface area contributed by atoms with Crippen molar-refractivity contribution in [2.24, 2.45) is 5.92 Å². The molecule has 2 heterocycles. The molecular weight excluding hydrogens is 531 g/mol. The monoisotopic (exact) mass is 578 g/mol. The Morgan fingerprint density at radius 3 is 2.67 bits per heavy atom. The smallest absolute Gasteiger partial charge is 0.410 e. The summed E-state index contributed by atoms with van der Waals surface area (Å²) >= 11 is 0. The average Bonchev–Trinajstić information content (AvgIpc) is 3.42. The lowest BCUT2D eigenvalue weighted by molar-refractivity contribution is -0.0676. The molecule has 1 fully saturated rings. The predicted molar refractivity (Wildman–Crippen MR) is 165 cm³/mol. The van der Waals surface area contributed by atoms with E-state index in [-0.39, 0.29) is 23.7 Å². The molecule has 0 spiro atoms. The van der Waals surface area contributed by atoms with Gasteiger partial charge in [-0.1, -0.05) is 39.0 Å². The molecule has 228 valence electrons. The fraction of sp³-hybridized carbons (Fsp3) is 0.588. The number of rotatable bonds is 10. The van der Waals surface area contributed by atoms with Crippen molar-refractivity contribution in [3.8, 4) is 0 Å². The van der Waals surface area contributed by atoms with Gasteiger partial charge in [0, 0.05) is 38.4 Å². The number of benzene rings is 2. The lowest BCUT2D eigenvalue weighted by Crippen LogP contribution is -2.52. The Morgan fingerprint density at radius 1 is 1.19 bits per heavy atom. The molecule has 2 aliphatic rings. The van der Waals surface area contributed by atoms with Crippen LogP contribution in [-0.2, 0) is 22.3 Å². The molecule has 0 bridgehead atoms. The van der Waals surface area contributed by atoms with Crippen molar-refractivity contribution in [1.82, 2.24) is 19.8 Å². The largest absolute Gasteiger partial charge is 0.442 e. The standard InChI is InChI=1S/C34H47FN4O3/c1-6-38(16-7-8-29-36-31-24(4)9-10-25(5)32(31)37-29)17-15-34(42-33(40)39-18-20-41-21-19-39)14-13-26-22-27(35)11-12-28(26)30(34)23(2)3/h9-12,22-23,30H,6-8,13-21H2,1-5H3,(H,36,37)/t30?,34-/m0/s1. The highest BCUT2D eigenvalue weighted by Gasteiger charge is 2.48. The number of hydrogen-bond donors (Lipinski definition) is 1. The topological polar surface area (TPSA) is 70.7 Å². The van der Waals surface area contributed by atoms with E-state index in [2.05, 4.69) is 56.6 Å². The van der Waals surface area contributed by atoms with Gasteiger partial charge < -0.3 is 24.3 Å². The average molecular weight is 579 g/mol. The van der Waals surface area contributed by atoms with E-state index in [1.165, 1.54) is 11.1 Å². The second-order valence-corrected chi connectivity index (χ2v) is 12.5. The molecule has 1 N–H and O–H groups in total. The number of nitrogens with zero attached hydrogens (tertiary/aromatic N) is 3. The number of aromatic nitrogens is 2. The summed E-state index contributed by atoms with van der Waals surface area (Å²) in [5.74, 6) is 1.04. The van der Waals surface area contributed by atoms with Gasteiger partial charge >= 0.3 is 6.09 Å². The molecule has 3 aromatic rings. The maximum absolute atomic E-state index is 14.2. The van der Waals surface area contributed by atoms with E-state index in [4.69, 9.17) is 14.5 Å². The van der Waals surface area contributed by atoms with Gasteiger partial charge in [-0.05, 0) is 86.5 Å². The summed E-state index contributed by atoms with van der Waals surface area (Å²) in [5.41, 5.74) is 6.12. The van der Waals surface area contributed by atoms with E-state index >= 15 is 0 Å². The molecule has 5 rings (SSSR count). The number of H-pyrrole nitrogens is 1. The lowest BCUT2D eigenvalue weighted by atomic mass is 9.65. The zero-order chi connectivity index (χ0) is 29.9. The van der Waals surface area contributed by atoms with Gasteiger partial charge in [-0.2, -0.15) is 0 Å². The van der Waals surface area contributed by atoms with Crippen molar-refractivity contribution in [3.63, 3.8) is 0 Å². The third-order valence-electron chi connectivity index (χ3n) is 9.34. The van der Waals surface area contributed by atoms with Crippen LogP contribution in [-0.4, -0.2) is 77.4 Å². The number of amides is 1. The lowest BCUT2D eigenvalue weighted by Gasteiger charge is -2.48. The summed E-state index contributed by atoms with van der Waals surface area (Å²) < 4.78 is 26.3. The zero-order valence-corrected chi connectivity index (χ0v) is 26.0. The summed E-state index contributed by atoms with van der Waals surface area (Å²) in [5, 5.41) is 0. The molecule has 1 aliphatic carbocycles. The number of carbonyl (C=O) groups excluding carboxylic acids is 1. The van der Waals surface area contributed by atoms with Gasteiger partial charge in [0.05, 0.1) is 24.2 Å². The Labute approximate surface area is 249 Å². The number of halogens is 1. The number of nitrogens with one attached hydrogen (secondary N) is 1. The molecule has 2 atom stereocenters. The Hall–Kier alpha value is -2.97. The van der Waals surface area contributed by atoms with Crippen molar-refractivity contribution in [2.75, 3.05) is 45.9 Å². The molecule has 2 aromatic carbocycles. The molecule has 1 aliphatic heterocycles. The number of imidazole rings is 1. The van der Waals surface area contributed by atoms with Crippen LogP contribution in [0.2, 0.25) is 0 Å². The second-order valence-electron chi connectivity index (χ2n) is 12.5. The molecule has 8 heteroatoms. The van der Waals surface area contributed by atoms with Crippen LogP contribution < -0.4 is 0 Å². The van der Waals surface area contributed by atoms with Gasteiger partial charge in [0.2, 0.25) is 0 Å². The molecule has 1 saturated heterocycles. The quantitative estimate of drug-likeness (QED) is 0.295. The Balaban J connectivity index is 1.31. The SMILES string of the molecule is CCN(CCCc1nc2c(C)ccc(C)c2[nH]1)CC[C@@]1(OC(=O)N2CCOCC2)CCc2cc(F)ccc2C1C(C)C. The Kier molecular flexibility index (Phi) is 9.53. The van der Waals surface area contributed by atoms with Crippen LogP contribution in [0.4, 0.5) is 9.18 Å². The van der Waals surface area contributed by atoms with E-state index in [9.17, 15) is 9.18 Å². The number of fused-ring (bicyclic) bond motifs is 2. The van der Waals surface area contributed by atoms with Crippen LogP contribution in [0.5, 0.6) is 0 Å². The molecule has 0 saturated carbocycles. The predicted octanol–water partition coefficient (Wildman–Crippen LogP) is 6.56. The first kappa shape index (κ1) is 30.5. The molecule has 1 amide bonds. The first-order chi connectivity index (χ1) is 20.2. The summed E-state index contributed by atoms with van der Waals surface area (Å²) in [6.45, 7) is 15.6. The minimum Gasteiger partial charge on any atom is -0.442 e. The number of ether oxygens (including phenoxy) is 2. The fourth-order valence-electron chi connectivity index (χ4n) is 7.05. The van der Waals surface area contributed by atoms with Crippen LogP contribution in [0.15, 0.2) is 30.3 Å². The first-order valence-electron chi connectivity index (χ1n) is 15.7. The minimum atomic E-state index is -0.657. The van der Waals surface area contributed by atoms with Crippen molar-refractivity contribution < 1.29 is 18.7 Å². The highest BCUT2D eigenvalue weighted by atomic mass is 19.1. The molecule has 1 unspecified atom stereocenters. The number of aryl methyl sites for hydroxylation is 4. The van der Waals surface area contributed by atoms with Crippen molar-refractivity contribution >= 4 is 17.1 Å². The number of hydrogen-bond acceptors (Lipinski definition) is 5. The maximum atomic E-state index is 14.2. The summed E-state index contributed by atoms with van der Waals surface area (Å²) in [6, 6.07) is 9.41. The van der Waals surface area contributed by atoms with Crippen molar-refractivity contribution in [2.45, 2.75) is 78.2 Å². The molecular formula is C34H47FN4O3. The van der Waals surface area contributed by atoms with E-state index in [1.54, 1.807) is 17.0 Å². The molecule has 1 aromatic heterocycles. The van der Waals surface area contributed by atoms with Crippen molar-refractivity contribution in [1.29, 1.82) is 0 Å². The van der Waals surface area contributed by atoms with Gasteiger partial charge in [0.15, 0.2) is 0 Å². The minimum absolute atomic E-state index is 0.00688. The van der Waals surface area contributed by atoms with Crippen LogP contribution in [0.3, 0.4) is 0 Å². The zero-order valence-electron chi connectivity index (χ0n) is 26.0. The molecule has 42 heavy (non-hydrogen) atoms. The van der Waals surface area contributed by atoms with Gasteiger partial charge in [0.1, 0.15) is 17.2 Å². The fourth-order valence-corrected chi connectivity index (χ4v) is 7.05. The summed E-state index contributed by atoms with van der Waals surface area (Å²) in [6.07, 6.45) is 3.74. The summed E-state index contributed by atoms with van der Waals surface area (Å²) in [7, 11) is 0. The van der Waals surface area contributed by atoms with Gasteiger partial charge in [0.25, 0.3) is 0 Å². The van der Waals surface area contributed by atoms with Gasteiger partial charge in [-0.15, -0.1) is 0 Å². The highest BCUT2D eigenvalue weighted by molar-refractivity contribution is 5.81. The number of morpholine rings is 1. The number of carbonyl (C=O) groups is 1. The van der Waals surface area contributed by atoms with Crippen LogP contribution in [0.1, 0.15) is 74.0 Å². The first-order valence-corrected chi connectivity index (χ1v) is 15.7. The second kappa shape index (κ2) is 13.1. The van der Waals surface area contributed by atoms with Gasteiger partial charge in [-0.3, -0.25) is 0 Å². The van der Waals surface area contributed by atoms with E-state index in [0.29, 0.717) is 39.1 Å². The van der Waals surface area contributed by atoms with Crippen LogP contribution in [0, 0.1) is 25.6 Å². The third kappa shape index (κ3) is 6.50. The Bertz CT molecular complexity index is 1340. The third-order valence-corrected chi connectivity index (χ3v) is 9.34. The molecule has 7 nitrogen and oxygen atoms in total. The van der Waals surface area contributed by atoms with Crippen LogP contribution in [0.25, 0.3) is 11.0 Å². The van der Waals surface area contributed by atoms with Crippen molar-refractivity contribution in [3.05, 3.63) is 64.2 Å². The maximum Gasteiger partial charge on any atom is 0.410 e. The normalized spacial score (nSPS) is 20.9. The number of aromatic amines is 1. The summed E-state index contributed by atoms with van der Waals surface area (Å²) in [4.78, 5) is 26.2. The van der Waals surface area contributed by atoms with Crippen LogP contribution >= 0.6 is 0 Å². The van der Waals surface area contributed by atoms with E-state index in [1.807, 2.05) is 6.07 Å². The van der Waals surface area contributed by atoms with Gasteiger partial charge in [-0.25, -0.2) is 14.2 Å². The van der Waals surface area contributed by atoms with E-state index in [0.717, 1.165) is 66.9 Å². The highest BCUT2D eigenvalue weighted by Crippen LogP contribution is 2.48. The van der Waals surface area contributed by atoms with E-state index < -0.39 is 5.60 Å².